The fraction of sp³-hybridized carbons (Fsp3) is 0.524. The van der Waals surface area contributed by atoms with E-state index in [1.54, 1.807) is 4.68 Å². The lowest BCUT2D eigenvalue weighted by Gasteiger charge is -2.36. The molecular weight excluding hydrogens is 343 g/mol. The van der Waals surface area contributed by atoms with Gasteiger partial charge in [0, 0.05) is 45.0 Å². The lowest BCUT2D eigenvalue weighted by molar-refractivity contribution is 0.0583. The summed E-state index contributed by atoms with van der Waals surface area (Å²) in [5.41, 5.74) is 3.62. The highest BCUT2D eigenvalue weighted by Crippen LogP contribution is 2.31. The van der Waals surface area contributed by atoms with E-state index in [1.807, 2.05) is 33.0 Å². The number of piperidine rings is 1. The van der Waals surface area contributed by atoms with Gasteiger partial charge in [0.1, 0.15) is 5.82 Å². The monoisotopic (exact) mass is 370 g/mol. The van der Waals surface area contributed by atoms with Crippen molar-refractivity contribution in [1.82, 2.24) is 19.6 Å². The molecule has 0 aliphatic carbocycles. The van der Waals surface area contributed by atoms with E-state index in [0.29, 0.717) is 5.92 Å². The van der Waals surface area contributed by atoms with Crippen molar-refractivity contribution >= 4 is 5.91 Å². The largest absolute Gasteiger partial charge is 0.334 e. The molecule has 144 valence electrons. The van der Waals surface area contributed by atoms with E-state index in [9.17, 15) is 9.18 Å². The number of nitrogens with zero attached hydrogens (tertiary/aromatic N) is 4. The lowest BCUT2D eigenvalue weighted by Crippen LogP contribution is -2.47. The molecule has 2 atom stereocenters. The standard InChI is InChI=1S/C21H27FN4O/c1-14-20(15(2)24(3)23-14)21(27)26-12-17-6-9-19(26)13-25(11-17)10-16-4-7-18(22)8-5-16/h4-5,7-8,17,19H,6,9-13H2,1-3H3/t17-,19+/m1/s1. The zero-order valence-electron chi connectivity index (χ0n) is 16.3. The predicted octanol–water partition coefficient (Wildman–Crippen LogP) is 2.91. The van der Waals surface area contributed by atoms with Gasteiger partial charge in [0.25, 0.3) is 5.91 Å². The van der Waals surface area contributed by atoms with Crippen molar-refractivity contribution in [2.24, 2.45) is 13.0 Å². The third-order valence-electron chi connectivity index (χ3n) is 6.09. The number of carbonyl (C=O) groups excluding carboxylic acids is 1. The molecule has 5 rings (SSSR count). The molecule has 1 amide bonds. The minimum Gasteiger partial charge on any atom is -0.334 e. The number of carbonyl (C=O) groups is 1. The summed E-state index contributed by atoms with van der Waals surface area (Å²) in [4.78, 5) is 17.8. The van der Waals surface area contributed by atoms with E-state index in [1.165, 1.54) is 18.6 Å². The molecule has 2 aromatic rings. The molecule has 0 N–H and O–H groups in total. The topological polar surface area (TPSA) is 41.4 Å². The smallest absolute Gasteiger partial charge is 0.257 e. The molecule has 0 saturated carbocycles. The van der Waals surface area contributed by atoms with Crippen molar-refractivity contribution in [3.05, 3.63) is 52.6 Å². The number of hydrogen-bond donors (Lipinski definition) is 0. The summed E-state index contributed by atoms with van der Waals surface area (Å²) in [5.74, 6) is 0.413. The minimum absolute atomic E-state index is 0.122. The second kappa shape index (κ2) is 7.08. The highest BCUT2D eigenvalue weighted by molar-refractivity contribution is 5.96. The van der Waals surface area contributed by atoms with Crippen LogP contribution in [0.15, 0.2) is 24.3 Å². The molecule has 27 heavy (non-hydrogen) atoms. The average molecular weight is 370 g/mol. The van der Waals surface area contributed by atoms with Gasteiger partial charge < -0.3 is 4.90 Å². The molecule has 0 radical (unpaired) electrons. The summed E-state index contributed by atoms with van der Waals surface area (Å²) in [6, 6.07) is 6.98. The first-order valence-electron chi connectivity index (χ1n) is 9.70. The molecule has 1 aromatic carbocycles. The summed E-state index contributed by atoms with van der Waals surface area (Å²) in [5, 5.41) is 4.42. The van der Waals surface area contributed by atoms with Crippen LogP contribution in [0.5, 0.6) is 0 Å². The molecule has 3 saturated heterocycles. The molecule has 6 heteroatoms. The van der Waals surface area contributed by atoms with Crippen LogP contribution in [0.3, 0.4) is 0 Å². The van der Waals surface area contributed by atoms with Gasteiger partial charge in [-0.15, -0.1) is 0 Å². The number of aryl methyl sites for hydroxylation is 2. The van der Waals surface area contributed by atoms with E-state index in [2.05, 4.69) is 14.9 Å². The van der Waals surface area contributed by atoms with Gasteiger partial charge in [0.05, 0.1) is 11.3 Å². The summed E-state index contributed by atoms with van der Waals surface area (Å²) in [7, 11) is 1.89. The van der Waals surface area contributed by atoms with Crippen LogP contribution in [0.2, 0.25) is 0 Å². The maximum atomic E-state index is 13.3. The Morgan fingerprint density at radius 1 is 1.15 bits per heavy atom. The second-order valence-electron chi connectivity index (χ2n) is 8.04. The molecule has 4 heterocycles. The lowest BCUT2D eigenvalue weighted by atomic mass is 9.94. The summed E-state index contributed by atoms with van der Waals surface area (Å²) in [6.45, 7) is 7.36. The van der Waals surface area contributed by atoms with Crippen molar-refractivity contribution in [3.8, 4) is 0 Å². The van der Waals surface area contributed by atoms with Crippen LogP contribution in [0.25, 0.3) is 0 Å². The summed E-state index contributed by atoms with van der Waals surface area (Å²) < 4.78 is 15.0. The number of amides is 1. The molecule has 3 aliphatic heterocycles. The molecule has 0 unspecified atom stereocenters. The SMILES string of the molecule is Cc1nn(C)c(C)c1C(=O)N1C[C@@H]2CC[C@H]1CN(Cc1ccc(F)cc1)C2. The fourth-order valence-corrected chi connectivity index (χ4v) is 4.63. The minimum atomic E-state index is -0.200. The van der Waals surface area contributed by atoms with E-state index in [-0.39, 0.29) is 17.8 Å². The van der Waals surface area contributed by atoms with Crippen LogP contribution in [0.4, 0.5) is 4.39 Å². The Labute approximate surface area is 159 Å². The number of aromatic nitrogens is 2. The second-order valence-corrected chi connectivity index (χ2v) is 8.04. The first-order valence-corrected chi connectivity index (χ1v) is 9.70. The summed E-state index contributed by atoms with van der Waals surface area (Å²) >= 11 is 0. The Morgan fingerprint density at radius 3 is 2.56 bits per heavy atom. The first kappa shape index (κ1) is 18.2. The van der Waals surface area contributed by atoms with Crippen molar-refractivity contribution in [2.45, 2.75) is 39.3 Å². The van der Waals surface area contributed by atoms with Gasteiger partial charge >= 0.3 is 0 Å². The average Bonchev–Trinajstić information content (AvgIpc) is 2.81. The Bertz CT molecular complexity index is 845. The van der Waals surface area contributed by atoms with Gasteiger partial charge in [-0.3, -0.25) is 14.4 Å². The Hall–Kier alpha value is -2.21. The van der Waals surface area contributed by atoms with E-state index in [0.717, 1.165) is 55.1 Å². The van der Waals surface area contributed by atoms with Gasteiger partial charge in [-0.2, -0.15) is 5.10 Å². The van der Waals surface area contributed by atoms with Gasteiger partial charge in [-0.25, -0.2) is 4.39 Å². The van der Waals surface area contributed by atoms with E-state index < -0.39 is 0 Å². The maximum Gasteiger partial charge on any atom is 0.257 e. The van der Waals surface area contributed by atoms with Crippen LogP contribution in [-0.2, 0) is 13.6 Å². The Morgan fingerprint density at radius 2 is 1.89 bits per heavy atom. The zero-order chi connectivity index (χ0) is 19.1. The number of halogens is 1. The van der Waals surface area contributed by atoms with Gasteiger partial charge in [0.2, 0.25) is 0 Å². The quantitative estimate of drug-likeness (QED) is 0.834. The van der Waals surface area contributed by atoms with Crippen molar-refractivity contribution < 1.29 is 9.18 Å². The third kappa shape index (κ3) is 3.50. The van der Waals surface area contributed by atoms with Crippen LogP contribution < -0.4 is 0 Å². The van der Waals surface area contributed by atoms with Crippen molar-refractivity contribution in [2.75, 3.05) is 19.6 Å². The maximum absolute atomic E-state index is 13.3. The highest BCUT2D eigenvalue weighted by atomic mass is 19.1. The number of fused-ring (bicyclic) bond motifs is 4. The van der Waals surface area contributed by atoms with Crippen molar-refractivity contribution in [1.29, 1.82) is 0 Å². The molecule has 1 aromatic heterocycles. The van der Waals surface area contributed by atoms with Crippen LogP contribution in [-0.4, -0.2) is 51.2 Å². The molecular formula is C21H27FN4O. The third-order valence-corrected chi connectivity index (χ3v) is 6.09. The molecule has 5 nitrogen and oxygen atoms in total. The summed E-state index contributed by atoms with van der Waals surface area (Å²) in [6.07, 6.45) is 2.22. The Kier molecular flexibility index (Phi) is 4.76. The predicted molar refractivity (Wildman–Crippen MR) is 102 cm³/mol. The van der Waals surface area contributed by atoms with Crippen LogP contribution >= 0.6 is 0 Å². The molecule has 0 spiro atoms. The van der Waals surface area contributed by atoms with Gasteiger partial charge in [-0.1, -0.05) is 12.1 Å². The van der Waals surface area contributed by atoms with Crippen LogP contribution in [0.1, 0.15) is 40.2 Å². The normalized spacial score (nSPS) is 22.9. The number of rotatable bonds is 3. The fourth-order valence-electron chi connectivity index (χ4n) is 4.63. The van der Waals surface area contributed by atoms with E-state index >= 15 is 0 Å². The highest BCUT2D eigenvalue weighted by Gasteiger charge is 2.38. The number of benzene rings is 1. The van der Waals surface area contributed by atoms with E-state index in [4.69, 9.17) is 0 Å². The van der Waals surface area contributed by atoms with Crippen molar-refractivity contribution in [3.63, 3.8) is 0 Å². The zero-order valence-corrected chi connectivity index (χ0v) is 16.3. The van der Waals surface area contributed by atoms with Crippen LogP contribution in [0, 0.1) is 25.6 Å². The first-order chi connectivity index (χ1) is 12.9. The number of hydrogen-bond acceptors (Lipinski definition) is 3. The molecule has 3 fully saturated rings. The van der Waals surface area contributed by atoms with Gasteiger partial charge in [0.15, 0.2) is 0 Å². The molecule has 3 aliphatic rings. The van der Waals surface area contributed by atoms with Gasteiger partial charge in [-0.05, 0) is 50.3 Å². The molecule has 2 bridgehead atoms. The Balaban J connectivity index is 1.52.